The monoisotopic (exact) mass is 346 g/mol. The van der Waals surface area contributed by atoms with Crippen LogP contribution in [0.3, 0.4) is 0 Å². The number of hydroxylamine groups is 1. The summed E-state index contributed by atoms with van der Waals surface area (Å²) in [6.45, 7) is 2.09. The molecule has 0 N–H and O–H groups in total. The lowest BCUT2D eigenvalue weighted by Gasteiger charge is -2.21. The molecule has 3 rings (SSSR count). The second-order valence-corrected chi connectivity index (χ2v) is 5.50. The average Bonchev–Trinajstić information content (AvgIpc) is 2.88. The van der Waals surface area contributed by atoms with Gasteiger partial charge in [0.2, 0.25) is 0 Å². The number of aromatic nitrogens is 1. The van der Waals surface area contributed by atoms with Crippen LogP contribution in [0.15, 0.2) is 57.7 Å². The Balaban J connectivity index is 1.80. The summed E-state index contributed by atoms with van der Waals surface area (Å²) < 4.78 is 6.31. The van der Waals surface area contributed by atoms with Crippen LogP contribution in [0, 0.1) is 0 Å². The summed E-state index contributed by atoms with van der Waals surface area (Å²) in [6.07, 6.45) is 0. The van der Waals surface area contributed by atoms with Gasteiger partial charge in [-0.25, -0.2) is 14.7 Å². The minimum absolute atomic E-state index is 0.253. The number of benzene rings is 2. The Bertz CT molecular complexity index is 917. The normalized spacial score (nSPS) is 10.8. The molecule has 0 unspecified atom stereocenters. The van der Waals surface area contributed by atoms with Crippen LogP contribution in [0.25, 0.3) is 11.1 Å². The highest BCUT2D eigenvalue weighted by atomic mass is 35.5. The molecule has 0 aliphatic rings. The van der Waals surface area contributed by atoms with E-state index in [0.29, 0.717) is 22.7 Å². The number of hydrogen-bond acceptors (Lipinski definition) is 5. The van der Waals surface area contributed by atoms with E-state index in [1.807, 2.05) is 37.3 Å². The largest absolute Gasteiger partial charge is 0.420 e. The van der Waals surface area contributed by atoms with E-state index in [4.69, 9.17) is 20.9 Å². The van der Waals surface area contributed by atoms with Crippen LogP contribution in [-0.4, -0.2) is 17.1 Å². The van der Waals surface area contributed by atoms with E-state index in [0.717, 1.165) is 5.69 Å². The van der Waals surface area contributed by atoms with Crippen LogP contribution >= 0.6 is 11.6 Å². The zero-order valence-electron chi connectivity index (χ0n) is 12.9. The van der Waals surface area contributed by atoms with Crippen molar-refractivity contribution in [3.8, 4) is 0 Å². The molecule has 0 bridgehead atoms. The van der Waals surface area contributed by atoms with Gasteiger partial charge in [-0.05, 0) is 31.2 Å². The van der Waals surface area contributed by atoms with E-state index < -0.39 is 11.7 Å². The van der Waals surface area contributed by atoms with Gasteiger partial charge in [-0.2, -0.15) is 0 Å². The van der Waals surface area contributed by atoms with Gasteiger partial charge in [0.25, 0.3) is 0 Å². The first-order chi connectivity index (χ1) is 11.6. The predicted octanol–water partition coefficient (Wildman–Crippen LogP) is 3.23. The summed E-state index contributed by atoms with van der Waals surface area (Å²) in [6, 6.07) is 14.0. The Kier molecular flexibility index (Phi) is 4.57. The van der Waals surface area contributed by atoms with Gasteiger partial charge in [-0.15, -0.1) is 0 Å². The van der Waals surface area contributed by atoms with Gasteiger partial charge in [0.05, 0.1) is 17.7 Å². The third kappa shape index (κ3) is 3.28. The molecule has 1 heterocycles. The van der Waals surface area contributed by atoms with Crippen LogP contribution in [0.4, 0.5) is 5.69 Å². The summed E-state index contributed by atoms with van der Waals surface area (Å²) in [5.41, 5.74) is 1.57. The number of carbonyl (C=O) groups is 1. The molecular weight excluding hydrogens is 332 g/mol. The maximum absolute atomic E-state index is 12.2. The zero-order valence-corrected chi connectivity index (χ0v) is 13.7. The van der Waals surface area contributed by atoms with Crippen LogP contribution in [-0.2, 0) is 16.2 Å². The van der Waals surface area contributed by atoms with E-state index in [9.17, 15) is 9.59 Å². The van der Waals surface area contributed by atoms with Crippen molar-refractivity contribution in [3.63, 3.8) is 0 Å². The van der Waals surface area contributed by atoms with Crippen molar-refractivity contribution in [2.75, 3.05) is 11.6 Å². The second-order valence-electron chi connectivity index (χ2n) is 5.06. The van der Waals surface area contributed by atoms with Gasteiger partial charge in [0.15, 0.2) is 5.58 Å². The topological polar surface area (TPSA) is 64.7 Å². The first-order valence-corrected chi connectivity index (χ1v) is 7.78. The highest BCUT2D eigenvalue weighted by Crippen LogP contribution is 2.19. The third-order valence-electron chi connectivity index (χ3n) is 3.46. The lowest BCUT2D eigenvalue weighted by molar-refractivity contribution is -0.145. The molecule has 0 atom stereocenters. The Hall–Kier alpha value is -2.73. The minimum atomic E-state index is -0.632. The van der Waals surface area contributed by atoms with E-state index in [1.165, 1.54) is 15.7 Å². The van der Waals surface area contributed by atoms with E-state index in [-0.39, 0.29) is 6.54 Å². The van der Waals surface area contributed by atoms with Gasteiger partial charge in [0, 0.05) is 11.1 Å². The van der Waals surface area contributed by atoms with Gasteiger partial charge in [-0.1, -0.05) is 29.8 Å². The standard InChI is InChI=1S/C17H15ClN2O4/c1-2-20(13-6-4-3-5-7-13)24-16(21)11-19-14-9-8-12(18)10-15(14)23-17(19)22/h3-10H,2,11H2,1H3. The first-order valence-electron chi connectivity index (χ1n) is 7.40. The average molecular weight is 347 g/mol. The summed E-state index contributed by atoms with van der Waals surface area (Å²) in [4.78, 5) is 29.5. The number of para-hydroxylation sites is 1. The lowest BCUT2D eigenvalue weighted by Crippen LogP contribution is -2.30. The maximum Gasteiger partial charge on any atom is 0.420 e. The molecule has 7 heteroatoms. The molecule has 0 saturated heterocycles. The fourth-order valence-electron chi connectivity index (χ4n) is 2.36. The molecule has 0 amide bonds. The number of nitrogens with zero attached hydrogens (tertiary/aromatic N) is 2. The highest BCUT2D eigenvalue weighted by Gasteiger charge is 2.16. The van der Waals surface area contributed by atoms with Gasteiger partial charge in [0.1, 0.15) is 6.54 Å². The molecule has 124 valence electrons. The quantitative estimate of drug-likeness (QED) is 0.664. The van der Waals surface area contributed by atoms with E-state index in [2.05, 4.69) is 0 Å². The van der Waals surface area contributed by atoms with Crippen molar-refractivity contribution in [2.45, 2.75) is 13.5 Å². The fourth-order valence-corrected chi connectivity index (χ4v) is 2.53. The molecule has 0 fully saturated rings. The van der Waals surface area contributed by atoms with Crippen LogP contribution in [0.5, 0.6) is 0 Å². The second kappa shape index (κ2) is 6.80. The number of halogens is 1. The Morgan fingerprint density at radius 1 is 1.25 bits per heavy atom. The summed E-state index contributed by atoms with van der Waals surface area (Å²) >= 11 is 5.87. The number of anilines is 1. The summed E-state index contributed by atoms with van der Waals surface area (Å²) in [7, 11) is 0. The maximum atomic E-state index is 12.2. The molecule has 0 radical (unpaired) electrons. The van der Waals surface area contributed by atoms with Crippen molar-refractivity contribution in [1.29, 1.82) is 0 Å². The molecule has 0 spiro atoms. The minimum Gasteiger partial charge on any atom is -0.408 e. The van der Waals surface area contributed by atoms with E-state index >= 15 is 0 Å². The molecule has 0 aliphatic heterocycles. The SMILES string of the molecule is CCN(OC(=O)Cn1c(=O)oc2cc(Cl)ccc21)c1ccccc1. The molecule has 3 aromatic rings. The number of rotatable bonds is 5. The zero-order chi connectivity index (χ0) is 17.1. The molecule has 2 aromatic carbocycles. The van der Waals surface area contributed by atoms with Crippen LogP contribution < -0.4 is 10.8 Å². The van der Waals surface area contributed by atoms with Gasteiger partial charge >= 0.3 is 11.7 Å². The molecule has 0 aliphatic carbocycles. The third-order valence-corrected chi connectivity index (χ3v) is 3.70. The van der Waals surface area contributed by atoms with Crippen molar-refractivity contribution < 1.29 is 14.0 Å². The Morgan fingerprint density at radius 3 is 2.71 bits per heavy atom. The van der Waals surface area contributed by atoms with Gasteiger partial charge < -0.3 is 9.25 Å². The van der Waals surface area contributed by atoms with Crippen molar-refractivity contribution in [1.82, 2.24) is 4.57 Å². The van der Waals surface area contributed by atoms with Crippen molar-refractivity contribution >= 4 is 34.4 Å². The predicted molar refractivity (Wildman–Crippen MR) is 91.0 cm³/mol. The number of fused-ring (bicyclic) bond motifs is 1. The molecular formula is C17H15ClN2O4. The molecule has 6 nitrogen and oxygen atoms in total. The molecule has 24 heavy (non-hydrogen) atoms. The summed E-state index contributed by atoms with van der Waals surface area (Å²) in [5, 5.41) is 1.92. The Labute approximate surface area is 142 Å². The van der Waals surface area contributed by atoms with Crippen LogP contribution in [0.1, 0.15) is 6.92 Å². The lowest BCUT2D eigenvalue weighted by atomic mass is 10.3. The fraction of sp³-hybridized carbons (Fsp3) is 0.176. The molecule has 1 aromatic heterocycles. The number of carbonyl (C=O) groups excluding carboxylic acids is 1. The van der Waals surface area contributed by atoms with Crippen LogP contribution in [0.2, 0.25) is 5.02 Å². The smallest absolute Gasteiger partial charge is 0.408 e. The van der Waals surface area contributed by atoms with Crippen molar-refractivity contribution in [2.24, 2.45) is 0 Å². The van der Waals surface area contributed by atoms with Gasteiger partial charge in [-0.3, -0.25) is 4.57 Å². The first kappa shape index (κ1) is 16.1. The van der Waals surface area contributed by atoms with E-state index in [1.54, 1.807) is 12.1 Å². The highest BCUT2D eigenvalue weighted by molar-refractivity contribution is 6.31. The van der Waals surface area contributed by atoms with Crippen molar-refractivity contribution in [3.05, 3.63) is 64.1 Å². The number of hydrogen-bond donors (Lipinski definition) is 0. The number of oxazole rings is 1. The Morgan fingerprint density at radius 2 is 2.00 bits per heavy atom. The molecule has 0 saturated carbocycles. The summed E-state index contributed by atoms with van der Waals surface area (Å²) in [5.74, 6) is -1.20.